The smallest absolute Gasteiger partial charge is 0.194 e. The molecule has 5 nitrogen and oxygen atoms in total. The van der Waals surface area contributed by atoms with Gasteiger partial charge in [0, 0.05) is 58.2 Å². The summed E-state index contributed by atoms with van der Waals surface area (Å²) in [4.78, 5) is 9.62. The van der Waals surface area contributed by atoms with Gasteiger partial charge in [-0.05, 0) is 38.8 Å². The van der Waals surface area contributed by atoms with Crippen LogP contribution in [0.15, 0.2) is 35.3 Å². The number of piperazine rings is 1. The molecule has 1 heterocycles. The first-order valence-corrected chi connectivity index (χ1v) is 9.26. The molecule has 0 spiro atoms. The van der Waals surface area contributed by atoms with E-state index in [-0.39, 0.29) is 24.0 Å². The van der Waals surface area contributed by atoms with Crippen LogP contribution in [0, 0.1) is 0 Å². The molecule has 142 valence electrons. The molecule has 0 unspecified atom stereocenters. The molecule has 0 aromatic heterocycles. The Labute approximate surface area is 169 Å². The molecule has 1 aliphatic rings. The van der Waals surface area contributed by atoms with Crippen LogP contribution in [0.5, 0.6) is 0 Å². The van der Waals surface area contributed by atoms with E-state index in [0.717, 1.165) is 71.3 Å². The van der Waals surface area contributed by atoms with E-state index in [1.54, 1.807) is 0 Å². The molecule has 0 saturated carbocycles. The van der Waals surface area contributed by atoms with Gasteiger partial charge < -0.3 is 19.9 Å². The number of unbranched alkanes of at least 4 members (excludes halogenated alkanes) is 1. The SMILES string of the molecule is CCNC(=NCCCCOCC)N1CCN(c2ccccc2)CC1.I. The third kappa shape index (κ3) is 7.81. The van der Waals surface area contributed by atoms with E-state index in [0.29, 0.717) is 0 Å². The molecule has 1 N–H and O–H groups in total. The predicted octanol–water partition coefficient (Wildman–Crippen LogP) is 3.21. The summed E-state index contributed by atoms with van der Waals surface area (Å²) in [6.07, 6.45) is 2.16. The number of nitrogens with one attached hydrogen (secondary N) is 1. The molecule has 0 amide bonds. The highest BCUT2D eigenvalue weighted by atomic mass is 127. The van der Waals surface area contributed by atoms with E-state index >= 15 is 0 Å². The van der Waals surface area contributed by atoms with Crippen molar-refractivity contribution < 1.29 is 4.74 Å². The molecule has 25 heavy (non-hydrogen) atoms. The maximum Gasteiger partial charge on any atom is 0.194 e. The second kappa shape index (κ2) is 13.2. The van der Waals surface area contributed by atoms with Crippen molar-refractivity contribution in [1.29, 1.82) is 0 Å². The van der Waals surface area contributed by atoms with Crippen molar-refractivity contribution in [1.82, 2.24) is 10.2 Å². The van der Waals surface area contributed by atoms with Gasteiger partial charge in [0.25, 0.3) is 0 Å². The topological polar surface area (TPSA) is 40.1 Å². The van der Waals surface area contributed by atoms with Crippen LogP contribution in [0.2, 0.25) is 0 Å². The zero-order valence-electron chi connectivity index (χ0n) is 15.6. The van der Waals surface area contributed by atoms with Gasteiger partial charge in [0.2, 0.25) is 0 Å². The number of nitrogens with zero attached hydrogens (tertiary/aromatic N) is 3. The molecule has 0 radical (unpaired) electrons. The Morgan fingerprint density at radius 3 is 2.44 bits per heavy atom. The molecule has 0 aliphatic carbocycles. The fraction of sp³-hybridized carbons (Fsp3) is 0.632. The van der Waals surface area contributed by atoms with Gasteiger partial charge in [0.1, 0.15) is 0 Å². The lowest BCUT2D eigenvalue weighted by atomic mass is 10.2. The monoisotopic (exact) mass is 460 g/mol. The van der Waals surface area contributed by atoms with Crippen LogP contribution in [0.1, 0.15) is 26.7 Å². The molecule has 2 rings (SSSR count). The van der Waals surface area contributed by atoms with Crippen molar-refractivity contribution in [2.24, 2.45) is 4.99 Å². The second-order valence-corrected chi connectivity index (χ2v) is 5.95. The second-order valence-electron chi connectivity index (χ2n) is 5.95. The number of halogens is 1. The quantitative estimate of drug-likeness (QED) is 0.280. The van der Waals surface area contributed by atoms with Crippen molar-refractivity contribution in [3.05, 3.63) is 30.3 Å². The zero-order chi connectivity index (χ0) is 17.0. The number of ether oxygens (including phenoxy) is 1. The van der Waals surface area contributed by atoms with Gasteiger partial charge >= 0.3 is 0 Å². The van der Waals surface area contributed by atoms with E-state index in [9.17, 15) is 0 Å². The largest absolute Gasteiger partial charge is 0.382 e. The summed E-state index contributed by atoms with van der Waals surface area (Å²) in [7, 11) is 0. The molecular formula is C19H33IN4O. The van der Waals surface area contributed by atoms with Crippen LogP contribution >= 0.6 is 24.0 Å². The normalized spacial score (nSPS) is 15.0. The molecule has 1 saturated heterocycles. The van der Waals surface area contributed by atoms with E-state index < -0.39 is 0 Å². The minimum Gasteiger partial charge on any atom is -0.382 e. The summed E-state index contributed by atoms with van der Waals surface area (Å²) < 4.78 is 5.38. The number of hydrogen-bond donors (Lipinski definition) is 1. The van der Waals surface area contributed by atoms with Crippen LogP contribution in [0.4, 0.5) is 5.69 Å². The summed E-state index contributed by atoms with van der Waals surface area (Å²) in [6, 6.07) is 10.7. The van der Waals surface area contributed by atoms with E-state index in [1.807, 2.05) is 6.92 Å². The first-order chi connectivity index (χ1) is 11.8. The van der Waals surface area contributed by atoms with Gasteiger partial charge in [-0.15, -0.1) is 24.0 Å². The summed E-state index contributed by atoms with van der Waals surface area (Å²) in [5.41, 5.74) is 1.31. The summed E-state index contributed by atoms with van der Waals surface area (Å²) >= 11 is 0. The van der Waals surface area contributed by atoms with Crippen molar-refractivity contribution in [3.63, 3.8) is 0 Å². The first-order valence-electron chi connectivity index (χ1n) is 9.26. The minimum atomic E-state index is 0. The molecule has 1 aromatic carbocycles. The number of guanidine groups is 1. The van der Waals surface area contributed by atoms with Gasteiger partial charge in [0.05, 0.1) is 0 Å². The third-order valence-electron chi connectivity index (χ3n) is 4.20. The Balaban J connectivity index is 0.00000312. The fourth-order valence-electron chi connectivity index (χ4n) is 2.89. The van der Waals surface area contributed by atoms with Crippen molar-refractivity contribution >= 4 is 35.6 Å². The Hall–Kier alpha value is -1.02. The highest BCUT2D eigenvalue weighted by Crippen LogP contribution is 2.15. The fourth-order valence-corrected chi connectivity index (χ4v) is 2.89. The average molecular weight is 460 g/mol. The Bertz CT molecular complexity index is 476. The lowest BCUT2D eigenvalue weighted by Crippen LogP contribution is -2.52. The van der Waals surface area contributed by atoms with Crippen LogP contribution < -0.4 is 10.2 Å². The number of anilines is 1. The van der Waals surface area contributed by atoms with Gasteiger partial charge in [-0.25, -0.2) is 0 Å². The van der Waals surface area contributed by atoms with Crippen molar-refractivity contribution in [3.8, 4) is 0 Å². The Morgan fingerprint density at radius 1 is 1.08 bits per heavy atom. The highest BCUT2D eigenvalue weighted by molar-refractivity contribution is 14.0. The molecule has 1 fully saturated rings. The molecule has 1 aromatic rings. The predicted molar refractivity (Wildman–Crippen MR) is 117 cm³/mol. The molecule has 0 bridgehead atoms. The Kier molecular flexibility index (Phi) is 11.6. The number of benzene rings is 1. The van der Waals surface area contributed by atoms with Gasteiger partial charge in [-0.1, -0.05) is 18.2 Å². The summed E-state index contributed by atoms with van der Waals surface area (Å²) in [5, 5.41) is 3.44. The number of para-hydroxylation sites is 1. The van der Waals surface area contributed by atoms with Gasteiger partial charge in [-0.3, -0.25) is 4.99 Å². The Morgan fingerprint density at radius 2 is 1.80 bits per heavy atom. The molecule has 0 atom stereocenters. The summed E-state index contributed by atoms with van der Waals surface area (Å²) in [6.45, 7) is 11.7. The van der Waals surface area contributed by atoms with Crippen LogP contribution in [-0.4, -0.2) is 63.3 Å². The molecule has 1 aliphatic heterocycles. The van der Waals surface area contributed by atoms with E-state index in [1.165, 1.54) is 5.69 Å². The lowest BCUT2D eigenvalue weighted by Gasteiger charge is -2.37. The molecular weight excluding hydrogens is 427 g/mol. The lowest BCUT2D eigenvalue weighted by molar-refractivity contribution is 0.144. The van der Waals surface area contributed by atoms with Crippen molar-refractivity contribution in [2.75, 3.05) is 57.4 Å². The first kappa shape index (κ1) is 22.0. The number of hydrogen-bond acceptors (Lipinski definition) is 3. The average Bonchev–Trinajstić information content (AvgIpc) is 2.64. The maximum atomic E-state index is 5.38. The minimum absolute atomic E-state index is 0. The van der Waals surface area contributed by atoms with Crippen LogP contribution in [0.25, 0.3) is 0 Å². The highest BCUT2D eigenvalue weighted by Gasteiger charge is 2.19. The molecule has 6 heteroatoms. The standard InChI is InChI=1S/C19H32N4O.HI/c1-3-20-19(21-12-8-9-17-24-4-2)23-15-13-22(14-16-23)18-10-6-5-7-11-18;/h5-7,10-11H,3-4,8-9,12-17H2,1-2H3,(H,20,21);1H. The van der Waals surface area contributed by atoms with Gasteiger partial charge in [-0.2, -0.15) is 0 Å². The van der Waals surface area contributed by atoms with E-state index in [4.69, 9.17) is 9.73 Å². The number of aliphatic imine (C=N–C) groups is 1. The zero-order valence-corrected chi connectivity index (χ0v) is 17.9. The van der Waals surface area contributed by atoms with Crippen LogP contribution in [0.3, 0.4) is 0 Å². The number of rotatable bonds is 8. The summed E-state index contributed by atoms with van der Waals surface area (Å²) in [5.74, 6) is 1.06. The van der Waals surface area contributed by atoms with Gasteiger partial charge in [0.15, 0.2) is 5.96 Å². The van der Waals surface area contributed by atoms with Crippen LogP contribution in [-0.2, 0) is 4.74 Å². The van der Waals surface area contributed by atoms with Crippen molar-refractivity contribution in [2.45, 2.75) is 26.7 Å². The third-order valence-corrected chi connectivity index (χ3v) is 4.20. The van der Waals surface area contributed by atoms with E-state index in [2.05, 4.69) is 52.4 Å². The maximum absolute atomic E-state index is 5.38.